The van der Waals surface area contributed by atoms with Gasteiger partial charge in [-0.2, -0.15) is 0 Å². The molecule has 0 bridgehead atoms. The molecule has 2 aliphatic rings. The van der Waals surface area contributed by atoms with Crippen molar-refractivity contribution in [2.24, 2.45) is 0 Å². The molecular formula is C14H27O8P. The number of aliphatic hydroxyl groups is 1. The van der Waals surface area contributed by atoms with Crippen LogP contribution < -0.4 is 0 Å². The topological polar surface area (TPSA) is 92.7 Å². The largest absolute Gasteiger partial charge is 0.380 e. The van der Waals surface area contributed by atoms with Gasteiger partial charge in [0.2, 0.25) is 0 Å². The number of fused-ring (bicyclic) bond motifs is 1. The van der Waals surface area contributed by atoms with Crippen molar-refractivity contribution in [1.29, 1.82) is 0 Å². The fourth-order valence-corrected chi connectivity index (χ4v) is 4.53. The van der Waals surface area contributed by atoms with E-state index in [0.29, 0.717) is 0 Å². The first kappa shape index (κ1) is 19.3. The minimum atomic E-state index is -3.62. The minimum Gasteiger partial charge on any atom is -0.380 e. The standard InChI is InChI=1S/C14H27O8P/c1-6-18-23(16,19-7-2)10(15)8-9-11-12(13(17-5)20-9)22-14(3,4)21-11/h9-13,15H,6-8H2,1-5H3/t9-,10?,11?,12?,13-/m1/s1. The van der Waals surface area contributed by atoms with Crippen molar-refractivity contribution in [2.75, 3.05) is 20.3 Å². The van der Waals surface area contributed by atoms with E-state index in [2.05, 4.69) is 0 Å². The summed E-state index contributed by atoms with van der Waals surface area (Å²) >= 11 is 0. The lowest BCUT2D eigenvalue weighted by molar-refractivity contribution is -0.228. The highest BCUT2D eigenvalue weighted by molar-refractivity contribution is 7.54. The summed E-state index contributed by atoms with van der Waals surface area (Å²) in [6, 6.07) is 0. The zero-order valence-electron chi connectivity index (χ0n) is 14.3. The van der Waals surface area contributed by atoms with E-state index in [0.717, 1.165) is 0 Å². The molecule has 23 heavy (non-hydrogen) atoms. The number of hydrogen-bond donors (Lipinski definition) is 1. The normalized spacial score (nSPS) is 34.5. The molecule has 0 aromatic rings. The van der Waals surface area contributed by atoms with Gasteiger partial charge in [-0.3, -0.25) is 4.57 Å². The van der Waals surface area contributed by atoms with Gasteiger partial charge in [-0.05, 0) is 27.7 Å². The summed E-state index contributed by atoms with van der Waals surface area (Å²) in [4.78, 5) is 0. The molecule has 136 valence electrons. The predicted octanol–water partition coefficient (Wildman–Crippen LogP) is 1.85. The second-order valence-corrected chi connectivity index (χ2v) is 8.13. The molecule has 2 saturated heterocycles. The third-order valence-corrected chi connectivity index (χ3v) is 5.94. The maximum Gasteiger partial charge on any atom is 0.358 e. The van der Waals surface area contributed by atoms with Crippen molar-refractivity contribution in [3.8, 4) is 0 Å². The lowest BCUT2D eigenvalue weighted by atomic mass is 10.1. The third kappa shape index (κ3) is 4.14. The molecule has 2 aliphatic heterocycles. The van der Waals surface area contributed by atoms with Crippen molar-refractivity contribution in [3.63, 3.8) is 0 Å². The smallest absolute Gasteiger partial charge is 0.358 e. The summed E-state index contributed by atoms with van der Waals surface area (Å²) < 4.78 is 45.6. The number of aliphatic hydroxyl groups excluding tert-OH is 1. The molecule has 0 amide bonds. The van der Waals surface area contributed by atoms with E-state index in [1.165, 1.54) is 7.11 Å². The molecule has 0 spiro atoms. The van der Waals surface area contributed by atoms with Gasteiger partial charge in [-0.25, -0.2) is 0 Å². The quantitative estimate of drug-likeness (QED) is 0.660. The van der Waals surface area contributed by atoms with Crippen LogP contribution in [0.4, 0.5) is 0 Å². The van der Waals surface area contributed by atoms with Crippen LogP contribution in [0.3, 0.4) is 0 Å². The van der Waals surface area contributed by atoms with Crippen molar-refractivity contribution in [1.82, 2.24) is 0 Å². The molecule has 8 nitrogen and oxygen atoms in total. The Labute approximate surface area is 136 Å². The highest BCUT2D eigenvalue weighted by Gasteiger charge is 2.56. The Hall–Kier alpha value is -0.0500. The molecule has 0 radical (unpaired) electrons. The number of ether oxygens (including phenoxy) is 4. The van der Waals surface area contributed by atoms with Gasteiger partial charge in [0.1, 0.15) is 12.2 Å². The fourth-order valence-electron chi connectivity index (χ4n) is 2.93. The summed E-state index contributed by atoms with van der Waals surface area (Å²) in [6.45, 7) is 7.35. The molecule has 2 fully saturated rings. The van der Waals surface area contributed by atoms with Crippen LogP contribution in [0.1, 0.15) is 34.1 Å². The highest BCUT2D eigenvalue weighted by atomic mass is 31.2. The number of hydrogen-bond acceptors (Lipinski definition) is 8. The first-order chi connectivity index (χ1) is 10.8. The Balaban J connectivity index is 2.08. The Morgan fingerprint density at radius 3 is 2.26 bits per heavy atom. The zero-order chi connectivity index (χ0) is 17.3. The average Bonchev–Trinajstić information content (AvgIpc) is 2.93. The Kier molecular flexibility index (Phi) is 6.25. The van der Waals surface area contributed by atoms with Gasteiger partial charge in [0, 0.05) is 13.5 Å². The SMILES string of the molecule is CCOP(=O)(OCC)C(O)C[C@H]1O[C@@H](OC)C2OC(C)(C)OC21. The van der Waals surface area contributed by atoms with Gasteiger partial charge in [-0.1, -0.05) is 0 Å². The maximum atomic E-state index is 12.6. The second-order valence-electron chi connectivity index (χ2n) is 5.94. The first-order valence-corrected chi connectivity index (χ1v) is 9.48. The maximum absolute atomic E-state index is 12.6. The van der Waals surface area contributed by atoms with Crippen LogP contribution >= 0.6 is 7.60 Å². The van der Waals surface area contributed by atoms with E-state index >= 15 is 0 Å². The van der Waals surface area contributed by atoms with Gasteiger partial charge in [0.05, 0.1) is 19.3 Å². The van der Waals surface area contributed by atoms with Crippen molar-refractivity contribution >= 4 is 7.60 Å². The molecule has 0 aromatic heterocycles. The van der Waals surface area contributed by atoms with Crippen LogP contribution in [0.15, 0.2) is 0 Å². The van der Waals surface area contributed by atoms with E-state index in [9.17, 15) is 9.67 Å². The average molecular weight is 354 g/mol. The van der Waals surface area contributed by atoms with E-state index in [-0.39, 0.29) is 19.6 Å². The second kappa shape index (κ2) is 7.45. The molecule has 2 rings (SSSR count). The fraction of sp³-hybridized carbons (Fsp3) is 1.00. The van der Waals surface area contributed by atoms with Crippen molar-refractivity contribution in [3.05, 3.63) is 0 Å². The van der Waals surface area contributed by atoms with Crippen LogP contribution in [0.5, 0.6) is 0 Å². The third-order valence-electron chi connectivity index (χ3n) is 3.77. The molecular weight excluding hydrogens is 327 g/mol. The van der Waals surface area contributed by atoms with Crippen LogP contribution in [-0.4, -0.2) is 61.7 Å². The van der Waals surface area contributed by atoms with Gasteiger partial charge < -0.3 is 33.1 Å². The van der Waals surface area contributed by atoms with Crippen LogP contribution in [0.25, 0.3) is 0 Å². The Bertz CT molecular complexity index is 432. The van der Waals surface area contributed by atoms with E-state index in [1.807, 2.05) is 0 Å². The summed E-state index contributed by atoms with van der Waals surface area (Å²) in [5.41, 5.74) is 0. The van der Waals surface area contributed by atoms with E-state index in [4.69, 9.17) is 28.0 Å². The molecule has 5 atom stereocenters. The molecule has 9 heteroatoms. The van der Waals surface area contributed by atoms with Gasteiger partial charge >= 0.3 is 7.60 Å². The molecule has 3 unspecified atom stereocenters. The van der Waals surface area contributed by atoms with Crippen molar-refractivity contribution in [2.45, 2.75) is 70.3 Å². The number of methoxy groups -OCH3 is 1. The molecule has 0 aliphatic carbocycles. The minimum absolute atomic E-state index is 0.0394. The lowest BCUT2D eigenvalue weighted by Gasteiger charge is -2.27. The van der Waals surface area contributed by atoms with E-state index < -0.39 is 43.8 Å². The zero-order valence-corrected chi connectivity index (χ0v) is 15.2. The summed E-state index contributed by atoms with van der Waals surface area (Å²) in [6.07, 6.45) is -1.90. The van der Waals surface area contributed by atoms with Gasteiger partial charge in [0.15, 0.2) is 17.9 Å². The highest BCUT2D eigenvalue weighted by Crippen LogP contribution is 2.54. The van der Waals surface area contributed by atoms with Gasteiger partial charge in [-0.15, -0.1) is 0 Å². The monoisotopic (exact) mass is 354 g/mol. The molecule has 0 saturated carbocycles. The van der Waals surface area contributed by atoms with Crippen LogP contribution in [0.2, 0.25) is 0 Å². The molecule has 0 aromatic carbocycles. The predicted molar refractivity (Wildman–Crippen MR) is 81.0 cm³/mol. The summed E-state index contributed by atoms with van der Waals surface area (Å²) in [5.74, 6) is -2.07. The van der Waals surface area contributed by atoms with Gasteiger partial charge in [0.25, 0.3) is 0 Å². The lowest BCUT2D eigenvalue weighted by Crippen LogP contribution is -2.32. The Morgan fingerprint density at radius 2 is 1.74 bits per heavy atom. The molecule has 2 heterocycles. The molecule has 1 N–H and O–H groups in total. The summed E-state index contributed by atoms with van der Waals surface area (Å²) in [7, 11) is -2.11. The van der Waals surface area contributed by atoms with Crippen LogP contribution in [0, 0.1) is 0 Å². The number of rotatable bonds is 8. The van der Waals surface area contributed by atoms with Crippen molar-refractivity contribution < 1.29 is 37.7 Å². The Morgan fingerprint density at radius 1 is 1.17 bits per heavy atom. The van der Waals surface area contributed by atoms with E-state index in [1.54, 1.807) is 27.7 Å². The summed E-state index contributed by atoms with van der Waals surface area (Å²) in [5, 5.41) is 10.4. The van der Waals surface area contributed by atoms with Crippen LogP contribution in [-0.2, 0) is 32.6 Å². The first-order valence-electron chi connectivity index (χ1n) is 7.87.